The van der Waals surface area contributed by atoms with Gasteiger partial charge >= 0.3 is 0 Å². The summed E-state index contributed by atoms with van der Waals surface area (Å²) in [6.45, 7) is 7.02. The molecule has 0 amide bonds. The quantitative estimate of drug-likeness (QED) is 0.401. The molecule has 1 aromatic carbocycles. The summed E-state index contributed by atoms with van der Waals surface area (Å²) < 4.78 is 7.54. The van der Waals surface area contributed by atoms with Crippen LogP contribution < -0.4 is 0 Å². The minimum absolute atomic E-state index is 0.180. The Labute approximate surface area is 147 Å². The van der Waals surface area contributed by atoms with E-state index in [0.717, 1.165) is 15.4 Å². The number of hydrogen-bond donors (Lipinski definition) is 0. The van der Waals surface area contributed by atoms with E-state index in [9.17, 15) is 0 Å². The zero-order valence-electron chi connectivity index (χ0n) is 13.2. The van der Waals surface area contributed by atoms with Crippen LogP contribution in [0.3, 0.4) is 0 Å². The summed E-state index contributed by atoms with van der Waals surface area (Å²) in [7, 11) is 0. The smallest absolute Gasteiger partial charge is 0.0918 e. The van der Waals surface area contributed by atoms with Gasteiger partial charge in [-0.1, -0.05) is 73.5 Å². The van der Waals surface area contributed by atoms with E-state index in [4.69, 9.17) is 16.3 Å². The standard InChI is InChI=1S/C18H26ClIO/c1-12(2)16-9-4-13(3)10-17(16)21-18(11-20)14-5-7-15(19)8-6-14/h5-8,12-13,16-18H,4,9-11H2,1-3H3. The van der Waals surface area contributed by atoms with Crippen LogP contribution in [0.15, 0.2) is 24.3 Å². The summed E-state index contributed by atoms with van der Waals surface area (Å²) in [5.41, 5.74) is 1.24. The molecule has 0 heterocycles. The van der Waals surface area contributed by atoms with Crippen molar-refractivity contribution in [3.63, 3.8) is 0 Å². The lowest BCUT2D eigenvalue weighted by Gasteiger charge is -2.39. The van der Waals surface area contributed by atoms with Gasteiger partial charge in [-0.25, -0.2) is 0 Å². The average molecular weight is 421 g/mol. The van der Waals surface area contributed by atoms with Crippen molar-refractivity contribution in [1.82, 2.24) is 0 Å². The third-order valence-corrected chi connectivity index (χ3v) is 5.73. The monoisotopic (exact) mass is 420 g/mol. The number of ether oxygens (including phenoxy) is 1. The third kappa shape index (κ3) is 4.84. The highest BCUT2D eigenvalue weighted by Crippen LogP contribution is 2.38. The summed E-state index contributed by atoms with van der Waals surface area (Å²) in [6.07, 6.45) is 4.42. The van der Waals surface area contributed by atoms with E-state index >= 15 is 0 Å². The lowest BCUT2D eigenvalue weighted by molar-refractivity contribution is -0.0727. The van der Waals surface area contributed by atoms with Gasteiger partial charge in [0, 0.05) is 9.45 Å². The van der Waals surface area contributed by atoms with E-state index < -0.39 is 0 Å². The molecule has 0 N–H and O–H groups in total. The lowest BCUT2D eigenvalue weighted by Crippen LogP contribution is -2.35. The molecule has 0 aliphatic heterocycles. The molecule has 1 aliphatic carbocycles. The molecule has 1 nitrogen and oxygen atoms in total. The highest BCUT2D eigenvalue weighted by atomic mass is 127. The van der Waals surface area contributed by atoms with Crippen molar-refractivity contribution in [2.45, 2.75) is 52.2 Å². The van der Waals surface area contributed by atoms with Crippen LogP contribution in [-0.2, 0) is 4.74 Å². The molecule has 0 bridgehead atoms. The molecule has 0 spiro atoms. The fourth-order valence-electron chi connectivity index (χ4n) is 3.36. The van der Waals surface area contributed by atoms with Crippen molar-refractivity contribution in [2.75, 3.05) is 4.43 Å². The second-order valence-electron chi connectivity index (χ2n) is 6.70. The van der Waals surface area contributed by atoms with Crippen molar-refractivity contribution in [3.8, 4) is 0 Å². The van der Waals surface area contributed by atoms with Gasteiger partial charge in [0.1, 0.15) is 0 Å². The molecule has 1 fully saturated rings. The molecule has 1 aliphatic rings. The molecule has 3 heteroatoms. The fraction of sp³-hybridized carbons (Fsp3) is 0.667. The second kappa shape index (κ2) is 8.16. The molecule has 0 aromatic heterocycles. The highest BCUT2D eigenvalue weighted by Gasteiger charge is 2.33. The predicted octanol–water partition coefficient (Wildman–Crippen LogP) is 6.29. The van der Waals surface area contributed by atoms with Gasteiger partial charge < -0.3 is 4.74 Å². The van der Waals surface area contributed by atoms with Gasteiger partial charge in [-0.15, -0.1) is 0 Å². The van der Waals surface area contributed by atoms with E-state index in [1.54, 1.807) is 0 Å². The maximum Gasteiger partial charge on any atom is 0.0918 e. The molecule has 118 valence electrons. The molecule has 4 atom stereocenters. The van der Waals surface area contributed by atoms with Gasteiger partial charge in [-0.2, -0.15) is 0 Å². The number of alkyl halides is 1. The summed E-state index contributed by atoms with van der Waals surface area (Å²) in [5, 5.41) is 0.789. The first kappa shape index (κ1) is 17.6. The molecule has 1 aromatic rings. The first-order valence-electron chi connectivity index (χ1n) is 7.98. The first-order valence-corrected chi connectivity index (χ1v) is 9.88. The van der Waals surface area contributed by atoms with E-state index in [-0.39, 0.29) is 6.10 Å². The molecule has 4 unspecified atom stereocenters. The first-order chi connectivity index (χ1) is 10.0. The molecule has 0 radical (unpaired) electrons. The zero-order valence-corrected chi connectivity index (χ0v) is 16.1. The molecular formula is C18H26ClIO. The van der Waals surface area contributed by atoms with Crippen molar-refractivity contribution < 1.29 is 4.74 Å². The Hall–Kier alpha value is 0.200. The van der Waals surface area contributed by atoms with Gasteiger partial charge in [-0.05, 0) is 48.3 Å². The number of benzene rings is 1. The molecule has 0 saturated heterocycles. The Balaban J connectivity index is 2.09. The van der Waals surface area contributed by atoms with Crippen LogP contribution in [0.4, 0.5) is 0 Å². The normalized spacial score (nSPS) is 27.8. The molecule has 2 rings (SSSR count). The Morgan fingerprint density at radius 1 is 1.24 bits per heavy atom. The van der Waals surface area contributed by atoms with Crippen LogP contribution in [0, 0.1) is 17.8 Å². The molecular weight excluding hydrogens is 395 g/mol. The maximum absolute atomic E-state index is 6.56. The highest BCUT2D eigenvalue weighted by molar-refractivity contribution is 14.1. The Morgan fingerprint density at radius 2 is 1.90 bits per heavy atom. The summed E-state index contributed by atoms with van der Waals surface area (Å²) in [6, 6.07) is 8.12. The minimum atomic E-state index is 0.180. The Morgan fingerprint density at radius 3 is 2.48 bits per heavy atom. The molecule has 1 saturated carbocycles. The van der Waals surface area contributed by atoms with E-state index in [2.05, 4.69) is 55.5 Å². The lowest BCUT2D eigenvalue weighted by atomic mass is 9.75. The summed E-state index contributed by atoms with van der Waals surface area (Å²) >= 11 is 8.42. The Kier molecular flexibility index (Phi) is 6.82. The van der Waals surface area contributed by atoms with Crippen molar-refractivity contribution in [3.05, 3.63) is 34.9 Å². The predicted molar refractivity (Wildman–Crippen MR) is 99.3 cm³/mol. The number of hydrogen-bond acceptors (Lipinski definition) is 1. The van der Waals surface area contributed by atoms with Crippen molar-refractivity contribution in [1.29, 1.82) is 0 Å². The number of halogens is 2. The van der Waals surface area contributed by atoms with Crippen LogP contribution in [0.2, 0.25) is 5.02 Å². The van der Waals surface area contributed by atoms with Gasteiger partial charge in [0.2, 0.25) is 0 Å². The number of rotatable bonds is 5. The summed E-state index contributed by atoms with van der Waals surface area (Å²) in [4.78, 5) is 0. The minimum Gasteiger partial charge on any atom is -0.369 e. The maximum atomic E-state index is 6.56. The van der Waals surface area contributed by atoms with Crippen LogP contribution >= 0.6 is 34.2 Å². The SMILES string of the molecule is CC1CCC(C(C)C)C(OC(CI)c2ccc(Cl)cc2)C1. The average Bonchev–Trinajstić information content (AvgIpc) is 2.45. The topological polar surface area (TPSA) is 9.23 Å². The Bertz CT molecular complexity index is 431. The van der Waals surface area contributed by atoms with Crippen LogP contribution in [0.1, 0.15) is 51.7 Å². The largest absolute Gasteiger partial charge is 0.369 e. The van der Waals surface area contributed by atoms with E-state index in [1.807, 2.05) is 12.1 Å². The van der Waals surface area contributed by atoms with Crippen molar-refractivity contribution in [2.24, 2.45) is 17.8 Å². The van der Waals surface area contributed by atoms with Gasteiger partial charge in [0.05, 0.1) is 12.2 Å². The second-order valence-corrected chi connectivity index (χ2v) is 8.01. The summed E-state index contributed by atoms with van der Waals surface area (Å²) in [5.74, 6) is 2.17. The van der Waals surface area contributed by atoms with Crippen LogP contribution in [0.25, 0.3) is 0 Å². The van der Waals surface area contributed by atoms with Gasteiger partial charge in [0.15, 0.2) is 0 Å². The van der Waals surface area contributed by atoms with Gasteiger partial charge in [-0.3, -0.25) is 0 Å². The van der Waals surface area contributed by atoms with E-state index in [0.29, 0.717) is 17.9 Å². The zero-order chi connectivity index (χ0) is 15.4. The molecule has 21 heavy (non-hydrogen) atoms. The van der Waals surface area contributed by atoms with Crippen LogP contribution in [0.5, 0.6) is 0 Å². The van der Waals surface area contributed by atoms with Crippen LogP contribution in [-0.4, -0.2) is 10.5 Å². The fourth-order valence-corrected chi connectivity index (χ4v) is 4.21. The van der Waals surface area contributed by atoms with Gasteiger partial charge in [0.25, 0.3) is 0 Å². The van der Waals surface area contributed by atoms with Crippen molar-refractivity contribution >= 4 is 34.2 Å². The van der Waals surface area contributed by atoms with E-state index in [1.165, 1.54) is 24.8 Å². The third-order valence-electron chi connectivity index (χ3n) is 4.68.